The molecule has 0 amide bonds. The van der Waals surface area contributed by atoms with Gasteiger partial charge in [0.05, 0.1) is 26.4 Å². The maximum atomic E-state index is 5.63. The first kappa shape index (κ1) is 18.7. The Morgan fingerprint density at radius 2 is 1.32 bits per heavy atom. The number of ether oxygens (including phenoxy) is 3. The molecule has 22 heavy (non-hydrogen) atoms. The van der Waals surface area contributed by atoms with Gasteiger partial charge < -0.3 is 31.0 Å². The summed E-state index contributed by atoms with van der Waals surface area (Å²) in [7, 11) is 0. The van der Waals surface area contributed by atoms with Crippen molar-refractivity contribution in [2.24, 2.45) is 5.73 Å². The second-order valence-electron chi connectivity index (χ2n) is 4.88. The van der Waals surface area contributed by atoms with E-state index in [4.69, 9.17) is 25.7 Å². The molecule has 0 unspecified atom stereocenters. The van der Waals surface area contributed by atoms with Gasteiger partial charge in [-0.05, 0) is 43.7 Å². The zero-order valence-electron chi connectivity index (χ0n) is 13.3. The summed E-state index contributed by atoms with van der Waals surface area (Å²) in [5.74, 6) is 0. The quantitative estimate of drug-likeness (QED) is 0.356. The van der Waals surface area contributed by atoms with Gasteiger partial charge in [-0.15, -0.1) is 0 Å². The monoisotopic (exact) mass is 311 g/mol. The standard InChI is InChI=1S/C16H29N3O3/c17-7-1-9-20-11-13-22-14-12-21-10-2-8-19-16-5-3-15(18)4-6-16/h3-6,19H,1-2,7-14,17-18H2. The predicted octanol–water partition coefficient (Wildman–Crippen LogP) is 1.47. The van der Waals surface area contributed by atoms with Crippen LogP contribution in [-0.4, -0.2) is 52.7 Å². The highest BCUT2D eigenvalue weighted by molar-refractivity contribution is 5.51. The van der Waals surface area contributed by atoms with Crippen LogP contribution < -0.4 is 16.8 Å². The Hall–Kier alpha value is -1.34. The summed E-state index contributed by atoms with van der Waals surface area (Å²) in [6.45, 7) is 5.41. The molecule has 0 bridgehead atoms. The van der Waals surface area contributed by atoms with Crippen LogP contribution in [0.5, 0.6) is 0 Å². The second kappa shape index (κ2) is 13.3. The smallest absolute Gasteiger partial charge is 0.0701 e. The van der Waals surface area contributed by atoms with E-state index in [1.54, 1.807) is 0 Å². The number of hydrogen-bond acceptors (Lipinski definition) is 6. The maximum Gasteiger partial charge on any atom is 0.0701 e. The van der Waals surface area contributed by atoms with E-state index in [0.717, 1.165) is 37.4 Å². The summed E-state index contributed by atoms with van der Waals surface area (Å²) in [6.07, 6.45) is 1.85. The zero-order chi connectivity index (χ0) is 15.9. The van der Waals surface area contributed by atoms with Crippen LogP contribution >= 0.6 is 0 Å². The molecule has 0 radical (unpaired) electrons. The van der Waals surface area contributed by atoms with Gasteiger partial charge in [-0.1, -0.05) is 0 Å². The lowest BCUT2D eigenvalue weighted by molar-refractivity contribution is 0.0144. The van der Waals surface area contributed by atoms with Gasteiger partial charge in [0, 0.05) is 31.1 Å². The molecule has 6 heteroatoms. The fraction of sp³-hybridized carbons (Fsp3) is 0.625. The third kappa shape index (κ3) is 10.4. The topological polar surface area (TPSA) is 91.8 Å². The van der Waals surface area contributed by atoms with Crippen molar-refractivity contribution in [1.82, 2.24) is 0 Å². The van der Waals surface area contributed by atoms with E-state index in [2.05, 4.69) is 5.32 Å². The van der Waals surface area contributed by atoms with Crippen LogP contribution in [0.1, 0.15) is 12.8 Å². The average molecular weight is 311 g/mol. The first-order valence-corrected chi connectivity index (χ1v) is 7.85. The van der Waals surface area contributed by atoms with Crippen molar-refractivity contribution in [2.45, 2.75) is 12.8 Å². The number of hydrogen-bond donors (Lipinski definition) is 3. The number of nitrogen functional groups attached to an aromatic ring is 1. The molecule has 6 nitrogen and oxygen atoms in total. The van der Waals surface area contributed by atoms with Crippen molar-refractivity contribution in [3.63, 3.8) is 0 Å². The van der Waals surface area contributed by atoms with Crippen molar-refractivity contribution in [3.05, 3.63) is 24.3 Å². The summed E-state index contributed by atoms with van der Waals surface area (Å²) >= 11 is 0. The van der Waals surface area contributed by atoms with Gasteiger partial charge in [0.2, 0.25) is 0 Å². The Kier molecular flexibility index (Phi) is 11.3. The highest BCUT2D eigenvalue weighted by Crippen LogP contribution is 2.09. The molecule has 5 N–H and O–H groups in total. The average Bonchev–Trinajstić information content (AvgIpc) is 2.53. The molecule has 0 saturated heterocycles. The van der Waals surface area contributed by atoms with E-state index in [1.165, 1.54) is 0 Å². The van der Waals surface area contributed by atoms with Crippen molar-refractivity contribution >= 4 is 11.4 Å². The van der Waals surface area contributed by atoms with Gasteiger partial charge in [0.1, 0.15) is 0 Å². The van der Waals surface area contributed by atoms with Crippen molar-refractivity contribution in [1.29, 1.82) is 0 Å². The summed E-state index contributed by atoms with van der Waals surface area (Å²) in [5.41, 5.74) is 12.8. The van der Waals surface area contributed by atoms with E-state index in [0.29, 0.717) is 39.6 Å². The summed E-state index contributed by atoms with van der Waals surface area (Å²) in [6, 6.07) is 7.71. The van der Waals surface area contributed by atoms with Gasteiger partial charge in [0.15, 0.2) is 0 Å². The fourth-order valence-electron chi connectivity index (χ4n) is 1.74. The van der Waals surface area contributed by atoms with Crippen LogP contribution in [0.4, 0.5) is 11.4 Å². The molecule has 1 aromatic carbocycles. The minimum absolute atomic E-state index is 0.603. The van der Waals surface area contributed by atoms with E-state index in [1.807, 2.05) is 24.3 Å². The lowest BCUT2D eigenvalue weighted by atomic mass is 10.3. The van der Waals surface area contributed by atoms with Gasteiger partial charge in [0.25, 0.3) is 0 Å². The van der Waals surface area contributed by atoms with Gasteiger partial charge in [-0.2, -0.15) is 0 Å². The van der Waals surface area contributed by atoms with Crippen LogP contribution in [0.3, 0.4) is 0 Å². The molecule has 0 saturated carbocycles. The molecule has 0 aliphatic carbocycles. The van der Waals surface area contributed by atoms with E-state index >= 15 is 0 Å². The molecule has 0 aliphatic heterocycles. The van der Waals surface area contributed by atoms with Crippen LogP contribution in [0.25, 0.3) is 0 Å². The van der Waals surface area contributed by atoms with E-state index in [-0.39, 0.29) is 0 Å². The number of nitrogens with one attached hydrogen (secondary N) is 1. The first-order chi connectivity index (χ1) is 10.8. The van der Waals surface area contributed by atoms with Crippen LogP contribution in [0.15, 0.2) is 24.3 Å². The summed E-state index contributed by atoms with van der Waals surface area (Å²) in [4.78, 5) is 0. The minimum atomic E-state index is 0.603. The fourth-order valence-corrected chi connectivity index (χ4v) is 1.74. The Bertz CT molecular complexity index is 360. The lowest BCUT2D eigenvalue weighted by Crippen LogP contribution is -2.12. The Balaban J connectivity index is 1.79. The van der Waals surface area contributed by atoms with Crippen LogP contribution in [0, 0.1) is 0 Å². The van der Waals surface area contributed by atoms with Crippen molar-refractivity contribution in [2.75, 3.05) is 63.8 Å². The Labute approximate surface area is 133 Å². The van der Waals surface area contributed by atoms with Gasteiger partial charge in [-0.3, -0.25) is 0 Å². The number of benzene rings is 1. The molecule has 0 spiro atoms. The molecule has 0 heterocycles. The molecule has 0 aliphatic rings. The Morgan fingerprint density at radius 1 is 0.773 bits per heavy atom. The third-order valence-electron chi connectivity index (χ3n) is 2.94. The van der Waals surface area contributed by atoms with Crippen LogP contribution in [-0.2, 0) is 14.2 Å². The predicted molar refractivity (Wildman–Crippen MR) is 90.1 cm³/mol. The number of nitrogens with two attached hydrogens (primary N) is 2. The number of anilines is 2. The van der Waals surface area contributed by atoms with Crippen molar-refractivity contribution in [3.8, 4) is 0 Å². The molecule has 0 atom stereocenters. The number of rotatable bonds is 14. The SMILES string of the molecule is NCCCOCCOCCOCCCNc1ccc(N)cc1. The van der Waals surface area contributed by atoms with Crippen LogP contribution in [0.2, 0.25) is 0 Å². The van der Waals surface area contributed by atoms with Crippen molar-refractivity contribution < 1.29 is 14.2 Å². The molecule has 0 fully saturated rings. The molecule has 126 valence electrons. The largest absolute Gasteiger partial charge is 0.399 e. The van der Waals surface area contributed by atoms with E-state index in [9.17, 15) is 0 Å². The molecule has 0 aromatic heterocycles. The third-order valence-corrected chi connectivity index (χ3v) is 2.94. The molecular formula is C16H29N3O3. The summed E-state index contributed by atoms with van der Waals surface area (Å²) in [5, 5.41) is 3.32. The second-order valence-corrected chi connectivity index (χ2v) is 4.88. The van der Waals surface area contributed by atoms with E-state index < -0.39 is 0 Å². The van der Waals surface area contributed by atoms with Gasteiger partial charge in [-0.25, -0.2) is 0 Å². The molecule has 1 rings (SSSR count). The molecule has 1 aromatic rings. The molecular weight excluding hydrogens is 282 g/mol. The highest BCUT2D eigenvalue weighted by Gasteiger charge is 1.94. The minimum Gasteiger partial charge on any atom is -0.399 e. The van der Waals surface area contributed by atoms with Gasteiger partial charge >= 0.3 is 0 Å². The zero-order valence-corrected chi connectivity index (χ0v) is 13.3. The highest BCUT2D eigenvalue weighted by atomic mass is 16.5. The first-order valence-electron chi connectivity index (χ1n) is 7.85. The Morgan fingerprint density at radius 3 is 1.91 bits per heavy atom. The summed E-state index contributed by atoms with van der Waals surface area (Å²) < 4.78 is 16.2. The normalized spacial score (nSPS) is 10.8. The maximum absolute atomic E-state index is 5.63. The lowest BCUT2D eigenvalue weighted by Gasteiger charge is -2.08.